The van der Waals surface area contributed by atoms with Gasteiger partial charge < -0.3 is 5.73 Å². The Morgan fingerprint density at radius 2 is 1.80 bits per heavy atom. The van der Waals surface area contributed by atoms with Gasteiger partial charge in [-0.1, -0.05) is 27.7 Å². The molecule has 114 valence electrons. The molecule has 0 bridgehead atoms. The molecular formula is C16H29N3S. The van der Waals surface area contributed by atoms with Crippen LogP contribution >= 0.6 is 11.3 Å². The molecule has 0 unspecified atom stereocenters. The summed E-state index contributed by atoms with van der Waals surface area (Å²) in [5.74, 6) is 0. The number of hydrogen-bond donors (Lipinski definition) is 1. The van der Waals surface area contributed by atoms with E-state index in [0.29, 0.717) is 10.8 Å². The number of aromatic nitrogens is 1. The Kier molecular flexibility index (Phi) is 4.30. The van der Waals surface area contributed by atoms with Crippen LogP contribution < -0.4 is 5.73 Å². The van der Waals surface area contributed by atoms with Crippen molar-refractivity contribution in [3.05, 3.63) is 16.6 Å². The molecule has 1 aromatic rings. The molecule has 20 heavy (non-hydrogen) atoms. The number of hydrogen-bond acceptors (Lipinski definition) is 4. The van der Waals surface area contributed by atoms with Gasteiger partial charge in [0, 0.05) is 24.0 Å². The summed E-state index contributed by atoms with van der Waals surface area (Å²) in [6.45, 7) is 11.2. The van der Waals surface area contributed by atoms with Gasteiger partial charge in [0.15, 0.2) is 0 Å². The molecule has 0 radical (unpaired) electrons. The molecule has 2 N–H and O–H groups in total. The molecule has 0 spiro atoms. The number of rotatable bonds is 4. The van der Waals surface area contributed by atoms with E-state index in [1.165, 1.54) is 19.3 Å². The van der Waals surface area contributed by atoms with Crippen molar-refractivity contribution < 1.29 is 0 Å². The lowest BCUT2D eigenvalue weighted by Crippen LogP contribution is -2.59. The average molecular weight is 295 g/mol. The van der Waals surface area contributed by atoms with Gasteiger partial charge in [-0.15, -0.1) is 11.3 Å². The Morgan fingerprint density at radius 3 is 2.25 bits per heavy atom. The maximum absolute atomic E-state index is 6.25. The van der Waals surface area contributed by atoms with Gasteiger partial charge in [0.1, 0.15) is 0 Å². The highest BCUT2D eigenvalue weighted by molar-refractivity contribution is 7.07. The molecule has 0 saturated heterocycles. The van der Waals surface area contributed by atoms with Crippen LogP contribution in [0.1, 0.15) is 52.7 Å². The smallest absolute Gasteiger partial charge is 0.0795 e. The highest BCUT2D eigenvalue weighted by atomic mass is 32.1. The lowest BCUT2D eigenvalue weighted by molar-refractivity contribution is -0.0360. The van der Waals surface area contributed by atoms with Crippen LogP contribution in [-0.2, 0) is 6.54 Å². The van der Waals surface area contributed by atoms with E-state index < -0.39 is 0 Å². The molecule has 1 aliphatic carbocycles. The molecule has 1 fully saturated rings. The van der Waals surface area contributed by atoms with Gasteiger partial charge in [0.2, 0.25) is 0 Å². The van der Waals surface area contributed by atoms with Gasteiger partial charge in [-0.3, -0.25) is 4.90 Å². The molecule has 3 nitrogen and oxygen atoms in total. The van der Waals surface area contributed by atoms with E-state index in [1.54, 1.807) is 11.3 Å². The maximum Gasteiger partial charge on any atom is 0.0795 e. The topological polar surface area (TPSA) is 42.2 Å². The van der Waals surface area contributed by atoms with Crippen molar-refractivity contribution in [2.45, 2.75) is 59.0 Å². The van der Waals surface area contributed by atoms with Crippen molar-refractivity contribution in [3.63, 3.8) is 0 Å². The summed E-state index contributed by atoms with van der Waals surface area (Å²) in [4.78, 5) is 6.87. The summed E-state index contributed by atoms with van der Waals surface area (Å²) >= 11 is 1.67. The normalized spacial score (nSPS) is 23.9. The summed E-state index contributed by atoms with van der Waals surface area (Å²) in [6.07, 6.45) is 3.60. The van der Waals surface area contributed by atoms with Crippen LogP contribution in [0, 0.1) is 10.8 Å². The zero-order valence-corrected chi connectivity index (χ0v) is 14.4. The Labute approximate surface area is 127 Å². The molecule has 0 amide bonds. The minimum absolute atomic E-state index is 0.0921. The van der Waals surface area contributed by atoms with E-state index in [2.05, 4.69) is 50.0 Å². The van der Waals surface area contributed by atoms with Crippen LogP contribution in [0.3, 0.4) is 0 Å². The quantitative estimate of drug-likeness (QED) is 0.924. The van der Waals surface area contributed by atoms with Crippen molar-refractivity contribution in [1.29, 1.82) is 0 Å². The Hall–Kier alpha value is -0.450. The molecule has 1 heterocycles. The van der Waals surface area contributed by atoms with Crippen molar-refractivity contribution in [3.8, 4) is 0 Å². The summed E-state index contributed by atoms with van der Waals surface area (Å²) in [5.41, 5.74) is 10.1. The molecule has 1 saturated carbocycles. The molecule has 0 aliphatic heterocycles. The lowest BCUT2D eigenvalue weighted by atomic mass is 9.58. The van der Waals surface area contributed by atoms with Gasteiger partial charge in [-0.2, -0.15) is 0 Å². The average Bonchev–Trinajstić information content (AvgIpc) is 2.77. The largest absolute Gasteiger partial charge is 0.329 e. The first-order chi connectivity index (χ1) is 9.18. The van der Waals surface area contributed by atoms with E-state index in [-0.39, 0.29) is 5.54 Å². The van der Waals surface area contributed by atoms with Crippen LogP contribution in [0.15, 0.2) is 10.9 Å². The maximum atomic E-state index is 6.25. The Balaban J connectivity index is 2.23. The van der Waals surface area contributed by atoms with Crippen molar-refractivity contribution in [2.75, 3.05) is 13.6 Å². The molecule has 1 aliphatic rings. The van der Waals surface area contributed by atoms with Gasteiger partial charge >= 0.3 is 0 Å². The van der Waals surface area contributed by atoms with Crippen LogP contribution in [0.2, 0.25) is 0 Å². The van der Waals surface area contributed by atoms with Gasteiger partial charge in [0.05, 0.1) is 11.2 Å². The van der Waals surface area contributed by atoms with Gasteiger partial charge in [-0.05, 0) is 37.1 Å². The van der Waals surface area contributed by atoms with Crippen molar-refractivity contribution in [1.82, 2.24) is 9.88 Å². The minimum atomic E-state index is 0.0921. The third kappa shape index (κ3) is 3.41. The summed E-state index contributed by atoms with van der Waals surface area (Å²) in [6, 6.07) is 0. The number of likely N-dealkylation sites (N-methyl/N-ethyl adjacent to an activating group) is 1. The van der Waals surface area contributed by atoms with E-state index in [9.17, 15) is 0 Å². The minimum Gasteiger partial charge on any atom is -0.329 e. The first-order valence-corrected chi connectivity index (χ1v) is 8.41. The summed E-state index contributed by atoms with van der Waals surface area (Å²) in [7, 11) is 2.21. The highest BCUT2D eigenvalue weighted by Gasteiger charge is 2.48. The Morgan fingerprint density at radius 1 is 1.20 bits per heavy atom. The van der Waals surface area contributed by atoms with E-state index in [0.717, 1.165) is 18.8 Å². The fourth-order valence-electron chi connectivity index (χ4n) is 4.56. The summed E-state index contributed by atoms with van der Waals surface area (Å²) in [5, 5.41) is 2.14. The molecule has 2 rings (SSSR count). The number of thiazole rings is 1. The van der Waals surface area contributed by atoms with Gasteiger partial charge in [-0.25, -0.2) is 4.98 Å². The van der Waals surface area contributed by atoms with Crippen LogP contribution in [0.25, 0.3) is 0 Å². The van der Waals surface area contributed by atoms with Crippen LogP contribution in [0.4, 0.5) is 0 Å². The third-order valence-corrected chi connectivity index (χ3v) is 5.28. The predicted molar refractivity (Wildman–Crippen MR) is 86.8 cm³/mol. The second-order valence-electron chi connectivity index (χ2n) is 8.12. The standard InChI is InChI=1S/C16H29N3S/c1-14(2)8-15(3,4)10-16(9-14,11-17)19(5)6-13-7-20-12-18-13/h7,12H,6,8-11,17H2,1-5H3. The van der Waals surface area contributed by atoms with E-state index >= 15 is 0 Å². The molecule has 1 aromatic heterocycles. The molecule has 0 atom stereocenters. The van der Waals surface area contributed by atoms with E-state index in [4.69, 9.17) is 5.73 Å². The predicted octanol–water partition coefficient (Wildman–Crippen LogP) is 3.51. The second-order valence-corrected chi connectivity index (χ2v) is 8.84. The summed E-state index contributed by atoms with van der Waals surface area (Å²) < 4.78 is 0. The first kappa shape index (κ1) is 15.9. The second kappa shape index (κ2) is 5.39. The van der Waals surface area contributed by atoms with Crippen LogP contribution in [-0.4, -0.2) is 29.0 Å². The van der Waals surface area contributed by atoms with Crippen molar-refractivity contribution >= 4 is 11.3 Å². The molecule has 0 aromatic carbocycles. The third-order valence-electron chi connectivity index (χ3n) is 4.64. The van der Waals surface area contributed by atoms with Crippen molar-refractivity contribution in [2.24, 2.45) is 16.6 Å². The fraction of sp³-hybridized carbons (Fsp3) is 0.812. The first-order valence-electron chi connectivity index (χ1n) is 7.47. The zero-order valence-electron chi connectivity index (χ0n) is 13.6. The van der Waals surface area contributed by atoms with Crippen LogP contribution in [0.5, 0.6) is 0 Å². The molecular weight excluding hydrogens is 266 g/mol. The Bertz CT molecular complexity index is 421. The monoisotopic (exact) mass is 295 g/mol. The SMILES string of the molecule is CN(Cc1cscn1)C1(CN)CC(C)(C)CC(C)(C)C1. The number of nitrogens with two attached hydrogens (primary N) is 1. The lowest BCUT2D eigenvalue weighted by Gasteiger charge is -2.55. The van der Waals surface area contributed by atoms with Gasteiger partial charge in [0.25, 0.3) is 0 Å². The van der Waals surface area contributed by atoms with E-state index in [1.807, 2.05) is 5.51 Å². The number of nitrogens with zero attached hydrogens (tertiary/aromatic N) is 2. The highest BCUT2D eigenvalue weighted by Crippen LogP contribution is 2.51. The zero-order chi connectivity index (χ0) is 15.0. The molecule has 4 heteroatoms. The fourth-order valence-corrected chi connectivity index (χ4v) is 5.11.